The van der Waals surface area contributed by atoms with Crippen molar-refractivity contribution in [3.8, 4) is 6.07 Å². The van der Waals surface area contributed by atoms with Gasteiger partial charge in [0.15, 0.2) is 0 Å². The SMILES string of the molecule is N#CC1CNCC1NC(=O)CC(N)=O. The molecule has 1 saturated heterocycles. The van der Waals surface area contributed by atoms with Crippen LogP contribution in [0.5, 0.6) is 0 Å². The molecule has 0 saturated carbocycles. The fourth-order valence-electron chi connectivity index (χ4n) is 1.38. The number of hydrogen-bond donors (Lipinski definition) is 3. The minimum Gasteiger partial charge on any atom is -0.369 e. The molecule has 0 bridgehead atoms. The molecule has 0 aromatic heterocycles. The van der Waals surface area contributed by atoms with Gasteiger partial charge in [0.2, 0.25) is 11.8 Å². The van der Waals surface area contributed by atoms with E-state index in [0.717, 1.165) is 0 Å². The van der Waals surface area contributed by atoms with Crippen molar-refractivity contribution in [1.82, 2.24) is 10.6 Å². The van der Waals surface area contributed by atoms with E-state index in [1.165, 1.54) is 0 Å². The average Bonchev–Trinajstić information content (AvgIpc) is 2.50. The average molecular weight is 196 g/mol. The van der Waals surface area contributed by atoms with E-state index in [9.17, 15) is 9.59 Å². The third kappa shape index (κ3) is 2.71. The second-order valence-electron chi connectivity index (χ2n) is 3.21. The third-order valence-corrected chi connectivity index (χ3v) is 2.06. The van der Waals surface area contributed by atoms with Crippen LogP contribution in [0, 0.1) is 17.2 Å². The Balaban J connectivity index is 2.40. The van der Waals surface area contributed by atoms with Crippen molar-refractivity contribution in [2.45, 2.75) is 12.5 Å². The Morgan fingerprint density at radius 3 is 2.86 bits per heavy atom. The topological polar surface area (TPSA) is 108 Å². The summed E-state index contributed by atoms with van der Waals surface area (Å²) in [5, 5.41) is 14.3. The van der Waals surface area contributed by atoms with Crippen LogP contribution in [0.15, 0.2) is 0 Å². The van der Waals surface area contributed by atoms with Gasteiger partial charge in [0, 0.05) is 13.1 Å². The van der Waals surface area contributed by atoms with Gasteiger partial charge >= 0.3 is 0 Å². The number of primary amides is 1. The van der Waals surface area contributed by atoms with E-state index in [1.807, 2.05) is 0 Å². The molecular weight excluding hydrogens is 184 g/mol. The van der Waals surface area contributed by atoms with E-state index in [1.54, 1.807) is 0 Å². The molecule has 2 amide bonds. The number of nitrogens with zero attached hydrogens (tertiary/aromatic N) is 1. The van der Waals surface area contributed by atoms with Gasteiger partial charge in [-0.1, -0.05) is 0 Å². The number of carbonyl (C=O) groups is 2. The smallest absolute Gasteiger partial charge is 0.229 e. The summed E-state index contributed by atoms with van der Waals surface area (Å²) in [4.78, 5) is 21.5. The van der Waals surface area contributed by atoms with E-state index in [2.05, 4.69) is 16.7 Å². The highest BCUT2D eigenvalue weighted by atomic mass is 16.2. The predicted octanol–water partition coefficient (Wildman–Crippen LogP) is -1.91. The van der Waals surface area contributed by atoms with E-state index < -0.39 is 11.8 Å². The molecule has 2 atom stereocenters. The molecule has 1 rings (SSSR count). The molecule has 76 valence electrons. The maximum Gasteiger partial charge on any atom is 0.229 e. The minimum atomic E-state index is -0.665. The third-order valence-electron chi connectivity index (χ3n) is 2.06. The monoisotopic (exact) mass is 196 g/mol. The zero-order valence-corrected chi connectivity index (χ0v) is 7.62. The predicted molar refractivity (Wildman–Crippen MR) is 47.7 cm³/mol. The molecular formula is C8H12N4O2. The normalized spacial score (nSPS) is 25.4. The maximum absolute atomic E-state index is 11.1. The molecule has 14 heavy (non-hydrogen) atoms. The van der Waals surface area contributed by atoms with Crippen LogP contribution < -0.4 is 16.4 Å². The maximum atomic E-state index is 11.1. The van der Waals surface area contributed by atoms with Gasteiger partial charge in [0.1, 0.15) is 6.42 Å². The van der Waals surface area contributed by atoms with E-state index in [0.29, 0.717) is 13.1 Å². The highest BCUT2D eigenvalue weighted by Gasteiger charge is 2.28. The summed E-state index contributed by atoms with van der Waals surface area (Å²) < 4.78 is 0. The molecule has 0 aliphatic carbocycles. The van der Waals surface area contributed by atoms with Crippen LogP contribution in [-0.4, -0.2) is 30.9 Å². The summed E-state index contributed by atoms with van der Waals surface area (Å²) in [5.74, 6) is -1.32. The number of hydrogen-bond acceptors (Lipinski definition) is 4. The minimum absolute atomic E-state index is 0.216. The molecule has 6 heteroatoms. The van der Waals surface area contributed by atoms with Crippen molar-refractivity contribution < 1.29 is 9.59 Å². The van der Waals surface area contributed by atoms with Gasteiger partial charge in [-0.05, 0) is 0 Å². The van der Waals surface area contributed by atoms with Gasteiger partial charge in [-0.3, -0.25) is 9.59 Å². The lowest BCUT2D eigenvalue weighted by atomic mass is 10.1. The van der Waals surface area contributed by atoms with Crippen molar-refractivity contribution in [3.63, 3.8) is 0 Å². The summed E-state index contributed by atoms with van der Waals surface area (Å²) in [6.45, 7) is 1.13. The standard InChI is InChI=1S/C8H12N4O2/c9-2-5-3-11-4-6(5)12-8(14)1-7(10)13/h5-6,11H,1,3-4H2,(H2,10,13)(H,12,14). The Hall–Kier alpha value is -1.61. The van der Waals surface area contributed by atoms with Crippen LogP contribution in [0.2, 0.25) is 0 Å². The summed E-state index contributed by atoms with van der Waals surface area (Å²) in [6, 6.07) is 1.86. The number of carbonyl (C=O) groups excluding carboxylic acids is 2. The molecule has 2 unspecified atom stereocenters. The summed E-state index contributed by atoms with van der Waals surface area (Å²) in [7, 11) is 0. The second-order valence-corrected chi connectivity index (χ2v) is 3.21. The highest BCUT2D eigenvalue weighted by Crippen LogP contribution is 2.07. The van der Waals surface area contributed by atoms with Crippen LogP contribution in [0.4, 0.5) is 0 Å². The summed E-state index contributed by atoms with van der Waals surface area (Å²) in [6.07, 6.45) is -0.325. The largest absolute Gasteiger partial charge is 0.369 e. The van der Waals surface area contributed by atoms with Crippen molar-refractivity contribution in [3.05, 3.63) is 0 Å². The molecule has 1 heterocycles. The molecule has 4 N–H and O–H groups in total. The van der Waals surface area contributed by atoms with Crippen LogP contribution >= 0.6 is 0 Å². The first kappa shape index (κ1) is 10.5. The Morgan fingerprint density at radius 2 is 2.29 bits per heavy atom. The van der Waals surface area contributed by atoms with Gasteiger partial charge < -0.3 is 16.4 Å². The van der Waals surface area contributed by atoms with E-state index in [-0.39, 0.29) is 18.4 Å². The molecule has 1 fully saturated rings. The number of nitrogens with two attached hydrogens (primary N) is 1. The Morgan fingerprint density at radius 1 is 1.57 bits per heavy atom. The van der Waals surface area contributed by atoms with Crippen molar-refractivity contribution in [1.29, 1.82) is 5.26 Å². The van der Waals surface area contributed by atoms with Gasteiger partial charge in [-0.15, -0.1) is 0 Å². The Labute approximate surface area is 81.4 Å². The van der Waals surface area contributed by atoms with Gasteiger partial charge in [0.25, 0.3) is 0 Å². The molecule has 6 nitrogen and oxygen atoms in total. The summed E-state index contributed by atoms with van der Waals surface area (Å²) >= 11 is 0. The van der Waals surface area contributed by atoms with Crippen LogP contribution in [-0.2, 0) is 9.59 Å². The molecule has 0 radical (unpaired) electrons. The fraction of sp³-hybridized carbons (Fsp3) is 0.625. The first-order valence-electron chi connectivity index (χ1n) is 4.31. The Kier molecular flexibility index (Phi) is 3.42. The zero-order valence-electron chi connectivity index (χ0n) is 7.62. The van der Waals surface area contributed by atoms with Gasteiger partial charge in [0.05, 0.1) is 18.0 Å². The zero-order chi connectivity index (χ0) is 10.6. The highest BCUT2D eigenvalue weighted by molar-refractivity contribution is 5.96. The number of rotatable bonds is 3. The number of amides is 2. The lowest BCUT2D eigenvalue weighted by Crippen LogP contribution is -2.41. The van der Waals surface area contributed by atoms with Crippen LogP contribution in [0.1, 0.15) is 6.42 Å². The van der Waals surface area contributed by atoms with E-state index >= 15 is 0 Å². The van der Waals surface area contributed by atoms with E-state index in [4.69, 9.17) is 11.0 Å². The van der Waals surface area contributed by atoms with Gasteiger partial charge in [-0.2, -0.15) is 5.26 Å². The second kappa shape index (κ2) is 4.58. The van der Waals surface area contributed by atoms with Crippen LogP contribution in [0.3, 0.4) is 0 Å². The quantitative estimate of drug-likeness (QED) is 0.457. The fourth-order valence-corrected chi connectivity index (χ4v) is 1.38. The van der Waals surface area contributed by atoms with Crippen molar-refractivity contribution in [2.75, 3.05) is 13.1 Å². The molecule has 0 aromatic rings. The first-order valence-corrected chi connectivity index (χ1v) is 4.31. The van der Waals surface area contributed by atoms with Crippen LogP contribution in [0.25, 0.3) is 0 Å². The first-order chi connectivity index (χ1) is 6.63. The summed E-state index contributed by atoms with van der Waals surface area (Å²) in [5.41, 5.74) is 4.85. The lowest BCUT2D eigenvalue weighted by molar-refractivity contribution is -0.128. The molecule has 1 aliphatic heterocycles. The van der Waals surface area contributed by atoms with Crippen molar-refractivity contribution in [2.24, 2.45) is 11.7 Å². The Bertz CT molecular complexity index is 284. The van der Waals surface area contributed by atoms with Gasteiger partial charge in [-0.25, -0.2) is 0 Å². The molecule has 1 aliphatic rings. The number of nitriles is 1. The lowest BCUT2D eigenvalue weighted by Gasteiger charge is -2.13. The molecule has 0 spiro atoms. The molecule has 0 aromatic carbocycles. The van der Waals surface area contributed by atoms with Crippen molar-refractivity contribution >= 4 is 11.8 Å². The number of nitrogens with one attached hydrogen (secondary N) is 2.